The van der Waals surface area contributed by atoms with Gasteiger partial charge in [-0.1, -0.05) is 6.92 Å². The Bertz CT molecular complexity index is 335. The Morgan fingerprint density at radius 2 is 2.40 bits per heavy atom. The van der Waals surface area contributed by atoms with E-state index in [2.05, 4.69) is 4.98 Å². The van der Waals surface area contributed by atoms with E-state index >= 15 is 0 Å². The van der Waals surface area contributed by atoms with E-state index in [0.717, 1.165) is 5.82 Å². The van der Waals surface area contributed by atoms with Gasteiger partial charge in [-0.05, 0) is 13.5 Å². The third kappa shape index (κ3) is 2.79. The number of aromatic nitrogens is 2. The van der Waals surface area contributed by atoms with Gasteiger partial charge < -0.3 is 9.67 Å². The molecule has 0 spiro atoms. The zero-order valence-corrected chi connectivity index (χ0v) is 9.34. The van der Waals surface area contributed by atoms with Crippen molar-refractivity contribution in [2.45, 2.75) is 25.9 Å². The van der Waals surface area contributed by atoms with Crippen LogP contribution in [0.5, 0.6) is 0 Å². The molecule has 15 heavy (non-hydrogen) atoms. The Labute approximate surface area is 89.3 Å². The highest BCUT2D eigenvalue weighted by Crippen LogP contribution is 2.06. The summed E-state index contributed by atoms with van der Waals surface area (Å²) in [6.45, 7) is 2.42. The molecule has 5 heteroatoms. The zero-order chi connectivity index (χ0) is 11.4. The Kier molecular flexibility index (Phi) is 3.85. The monoisotopic (exact) mass is 211 g/mol. The van der Waals surface area contributed by atoms with Gasteiger partial charge >= 0.3 is 5.97 Å². The van der Waals surface area contributed by atoms with Gasteiger partial charge in [-0.3, -0.25) is 9.69 Å². The molecular weight excluding hydrogens is 194 g/mol. The fourth-order valence-corrected chi connectivity index (χ4v) is 1.56. The summed E-state index contributed by atoms with van der Waals surface area (Å²) in [6.07, 6.45) is 4.16. The average molecular weight is 211 g/mol. The molecular formula is C10H17N3O2. The minimum Gasteiger partial charge on any atom is -0.480 e. The van der Waals surface area contributed by atoms with E-state index in [-0.39, 0.29) is 0 Å². The number of hydrogen-bond acceptors (Lipinski definition) is 3. The topological polar surface area (TPSA) is 58.4 Å². The third-order valence-corrected chi connectivity index (χ3v) is 2.52. The fourth-order valence-electron chi connectivity index (χ4n) is 1.56. The van der Waals surface area contributed by atoms with Crippen LogP contribution in [0.4, 0.5) is 0 Å². The molecule has 0 aliphatic rings. The second-order valence-corrected chi connectivity index (χ2v) is 3.63. The molecule has 0 radical (unpaired) electrons. The van der Waals surface area contributed by atoms with Crippen molar-refractivity contribution < 1.29 is 9.90 Å². The Morgan fingerprint density at radius 3 is 2.80 bits per heavy atom. The Balaban J connectivity index is 2.66. The number of likely N-dealkylation sites (N-methyl/N-ethyl adjacent to an activating group) is 1. The zero-order valence-electron chi connectivity index (χ0n) is 9.34. The summed E-state index contributed by atoms with van der Waals surface area (Å²) in [4.78, 5) is 16.9. The molecule has 0 fully saturated rings. The molecule has 0 aliphatic carbocycles. The van der Waals surface area contributed by atoms with Crippen molar-refractivity contribution in [3.8, 4) is 0 Å². The molecule has 1 aromatic heterocycles. The van der Waals surface area contributed by atoms with Crippen LogP contribution in [0.15, 0.2) is 12.4 Å². The van der Waals surface area contributed by atoms with Crippen LogP contribution in [0, 0.1) is 0 Å². The molecule has 0 saturated carbocycles. The summed E-state index contributed by atoms with van der Waals surface area (Å²) in [7, 11) is 3.70. The summed E-state index contributed by atoms with van der Waals surface area (Å²) < 4.78 is 1.89. The van der Waals surface area contributed by atoms with Gasteiger partial charge in [0.15, 0.2) is 0 Å². The standard InChI is InChI=1S/C10H17N3O2/c1-4-8(10(14)15)13(3)7-9-11-5-6-12(9)2/h5-6,8H,4,7H2,1-3H3,(H,14,15). The fraction of sp³-hybridized carbons (Fsp3) is 0.600. The molecule has 0 saturated heterocycles. The van der Waals surface area contributed by atoms with Crippen LogP contribution in [0.3, 0.4) is 0 Å². The van der Waals surface area contributed by atoms with E-state index in [0.29, 0.717) is 13.0 Å². The average Bonchev–Trinajstić information content (AvgIpc) is 2.52. The van der Waals surface area contributed by atoms with E-state index in [1.807, 2.05) is 24.7 Å². The summed E-state index contributed by atoms with van der Waals surface area (Å²) in [5.41, 5.74) is 0. The number of imidazole rings is 1. The smallest absolute Gasteiger partial charge is 0.320 e. The van der Waals surface area contributed by atoms with Gasteiger partial charge in [0, 0.05) is 19.4 Å². The van der Waals surface area contributed by atoms with Crippen molar-refractivity contribution in [2.24, 2.45) is 7.05 Å². The van der Waals surface area contributed by atoms with E-state index in [9.17, 15) is 4.79 Å². The molecule has 1 heterocycles. The van der Waals surface area contributed by atoms with E-state index in [1.165, 1.54) is 0 Å². The highest BCUT2D eigenvalue weighted by molar-refractivity contribution is 5.73. The lowest BCUT2D eigenvalue weighted by atomic mass is 10.2. The van der Waals surface area contributed by atoms with Crippen LogP contribution in [-0.2, 0) is 18.4 Å². The minimum atomic E-state index is -0.783. The number of carbonyl (C=O) groups is 1. The van der Waals surface area contributed by atoms with E-state index in [1.54, 1.807) is 18.1 Å². The predicted molar refractivity (Wildman–Crippen MR) is 56.4 cm³/mol. The largest absolute Gasteiger partial charge is 0.480 e. The van der Waals surface area contributed by atoms with Crippen molar-refractivity contribution in [3.05, 3.63) is 18.2 Å². The minimum absolute atomic E-state index is 0.443. The summed E-state index contributed by atoms with van der Waals surface area (Å²) >= 11 is 0. The molecule has 0 aromatic carbocycles. The van der Waals surface area contributed by atoms with Gasteiger partial charge in [0.2, 0.25) is 0 Å². The first-order chi connectivity index (χ1) is 7.06. The van der Waals surface area contributed by atoms with Crippen molar-refractivity contribution in [3.63, 3.8) is 0 Å². The first kappa shape index (κ1) is 11.7. The maximum absolute atomic E-state index is 10.9. The van der Waals surface area contributed by atoms with Crippen molar-refractivity contribution >= 4 is 5.97 Å². The molecule has 1 atom stereocenters. The Morgan fingerprint density at radius 1 is 1.73 bits per heavy atom. The van der Waals surface area contributed by atoms with E-state index < -0.39 is 12.0 Å². The molecule has 0 aliphatic heterocycles. The van der Waals surface area contributed by atoms with Crippen LogP contribution in [0.25, 0.3) is 0 Å². The number of aryl methyl sites for hydroxylation is 1. The highest BCUT2D eigenvalue weighted by atomic mass is 16.4. The van der Waals surface area contributed by atoms with Crippen molar-refractivity contribution in [1.29, 1.82) is 0 Å². The first-order valence-corrected chi connectivity index (χ1v) is 4.95. The van der Waals surface area contributed by atoms with Crippen LogP contribution >= 0.6 is 0 Å². The number of rotatable bonds is 5. The molecule has 5 nitrogen and oxygen atoms in total. The van der Waals surface area contributed by atoms with Gasteiger partial charge in [0.1, 0.15) is 11.9 Å². The van der Waals surface area contributed by atoms with Crippen molar-refractivity contribution in [2.75, 3.05) is 7.05 Å². The van der Waals surface area contributed by atoms with Crippen LogP contribution in [0.2, 0.25) is 0 Å². The quantitative estimate of drug-likeness (QED) is 0.779. The molecule has 1 rings (SSSR count). The number of nitrogens with zero attached hydrogens (tertiary/aromatic N) is 3. The summed E-state index contributed by atoms with van der Waals surface area (Å²) in [5, 5.41) is 8.97. The molecule has 0 amide bonds. The van der Waals surface area contributed by atoms with Crippen LogP contribution < -0.4 is 0 Å². The predicted octanol–water partition coefficient (Wildman–Crippen LogP) is 0.715. The second kappa shape index (κ2) is 4.93. The first-order valence-electron chi connectivity index (χ1n) is 4.95. The SMILES string of the molecule is CCC(C(=O)O)N(C)Cc1nccn1C. The lowest BCUT2D eigenvalue weighted by molar-refractivity contribution is -0.143. The maximum atomic E-state index is 10.9. The number of hydrogen-bond donors (Lipinski definition) is 1. The van der Waals surface area contributed by atoms with E-state index in [4.69, 9.17) is 5.11 Å². The molecule has 84 valence electrons. The normalized spacial score (nSPS) is 13.1. The number of carboxylic acid groups (broad SMARTS) is 1. The highest BCUT2D eigenvalue weighted by Gasteiger charge is 2.21. The molecule has 1 unspecified atom stereocenters. The van der Waals surface area contributed by atoms with Gasteiger partial charge in [-0.25, -0.2) is 4.98 Å². The van der Waals surface area contributed by atoms with Crippen LogP contribution in [-0.4, -0.2) is 38.6 Å². The molecule has 0 bridgehead atoms. The van der Waals surface area contributed by atoms with Gasteiger partial charge in [0.25, 0.3) is 0 Å². The Hall–Kier alpha value is -1.36. The lowest BCUT2D eigenvalue weighted by Gasteiger charge is -2.22. The van der Waals surface area contributed by atoms with Gasteiger partial charge in [0.05, 0.1) is 6.54 Å². The lowest BCUT2D eigenvalue weighted by Crippen LogP contribution is -2.37. The number of aliphatic carboxylic acids is 1. The van der Waals surface area contributed by atoms with Crippen LogP contribution in [0.1, 0.15) is 19.2 Å². The van der Waals surface area contributed by atoms with Gasteiger partial charge in [-0.15, -0.1) is 0 Å². The molecule has 1 N–H and O–H groups in total. The number of carboxylic acids is 1. The molecule has 1 aromatic rings. The summed E-state index contributed by atoms with van der Waals surface area (Å²) in [5.74, 6) is 0.0893. The van der Waals surface area contributed by atoms with Gasteiger partial charge in [-0.2, -0.15) is 0 Å². The third-order valence-electron chi connectivity index (χ3n) is 2.52. The maximum Gasteiger partial charge on any atom is 0.320 e. The summed E-state index contributed by atoms with van der Waals surface area (Å²) in [6, 6.07) is -0.443. The second-order valence-electron chi connectivity index (χ2n) is 3.63. The van der Waals surface area contributed by atoms with Crippen molar-refractivity contribution in [1.82, 2.24) is 14.5 Å².